The Kier molecular flexibility index (Phi) is 5.75. The molecule has 0 unspecified atom stereocenters. The quantitative estimate of drug-likeness (QED) is 0.299. The van der Waals surface area contributed by atoms with Crippen molar-refractivity contribution in [2.45, 2.75) is 30.6 Å². The zero-order valence-electron chi connectivity index (χ0n) is 17.9. The first-order valence-corrected chi connectivity index (χ1v) is 13.5. The Morgan fingerprint density at radius 2 is 1.91 bits per heavy atom. The van der Waals surface area contributed by atoms with Crippen LogP contribution in [0.1, 0.15) is 39.6 Å². The Morgan fingerprint density at radius 1 is 1.12 bits per heavy atom. The van der Waals surface area contributed by atoms with E-state index in [4.69, 9.17) is 0 Å². The largest absolute Gasteiger partial charge is 0.478 e. The van der Waals surface area contributed by atoms with Gasteiger partial charge in [0.1, 0.15) is 0 Å². The second-order valence-electron chi connectivity index (χ2n) is 8.10. The third-order valence-corrected chi connectivity index (χ3v) is 8.76. The number of benzene rings is 2. The minimum Gasteiger partial charge on any atom is -0.478 e. The van der Waals surface area contributed by atoms with E-state index in [0.717, 1.165) is 40.2 Å². The van der Waals surface area contributed by atoms with Crippen LogP contribution in [0.5, 0.6) is 0 Å². The Labute approximate surface area is 203 Å². The highest BCUT2D eigenvalue weighted by Crippen LogP contribution is 2.44. The van der Waals surface area contributed by atoms with Crippen molar-refractivity contribution in [3.63, 3.8) is 0 Å². The van der Waals surface area contributed by atoms with E-state index in [1.807, 2.05) is 13.0 Å². The molecule has 0 aliphatic heterocycles. The highest BCUT2D eigenvalue weighted by Gasteiger charge is 2.31. The fourth-order valence-electron chi connectivity index (χ4n) is 3.88. The molecule has 1 saturated carbocycles. The van der Waals surface area contributed by atoms with E-state index >= 15 is 0 Å². The zero-order chi connectivity index (χ0) is 24.0. The lowest BCUT2D eigenvalue weighted by Crippen LogP contribution is -2.16. The number of carboxylic acid groups (broad SMARTS) is 1. The summed E-state index contributed by atoms with van der Waals surface area (Å²) in [6.07, 6.45) is 3.43. The number of hydrogen-bond acceptors (Lipinski definition) is 6. The standard InChI is InChI=1S/C24H19FN2O4S3/c1-13-19(12-26-33-13)15-4-7-18(21-8-9-23(25)32-21)20(10-15)27-34(30,31)22-11-16(24(28)29)5-6-17(22)14-2-3-14/h4-12,14,27H,2-3H2,1H3,(H,28,29). The minimum atomic E-state index is -4.14. The molecule has 0 atom stereocenters. The van der Waals surface area contributed by atoms with Crippen LogP contribution < -0.4 is 4.72 Å². The number of rotatable bonds is 7. The monoisotopic (exact) mass is 514 g/mol. The van der Waals surface area contributed by atoms with Gasteiger partial charge < -0.3 is 5.11 Å². The van der Waals surface area contributed by atoms with E-state index in [2.05, 4.69) is 9.10 Å². The van der Waals surface area contributed by atoms with Crippen LogP contribution in [-0.4, -0.2) is 23.9 Å². The number of sulfonamides is 1. The average molecular weight is 515 g/mol. The number of hydrogen-bond donors (Lipinski definition) is 2. The Morgan fingerprint density at radius 3 is 2.53 bits per heavy atom. The van der Waals surface area contributed by atoms with E-state index in [0.29, 0.717) is 16.0 Å². The first-order valence-electron chi connectivity index (χ1n) is 10.4. The molecule has 2 aromatic heterocycles. The fraction of sp³-hybridized carbons (Fsp3) is 0.167. The number of carbonyl (C=O) groups is 1. The molecule has 6 nitrogen and oxygen atoms in total. The smallest absolute Gasteiger partial charge is 0.335 e. The lowest BCUT2D eigenvalue weighted by atomic mass is 10.0. The number of halogens is 1. The van der Waals surface area contributed by atoms with Gasteiger partial charge in [-0.25, -0.2) is 17.6 Å². The molecular weight excluding hydrogens is 495 g/mol. The molecule has 0 spiro atoms. The van der Waals surface area contributed by atoms with Gasteiger partial charge >= 0.3 is 5.97 Å². The Bertz CT molecular complexity index is 1520. The third-order valence-electron chi connectivity index (χ3n) is 5.73. The van der Waals surface area contributed by atoms with E-state index in [1.165, 1.54) is 29.7 Å². The van der Waals surface area contributed by atoms with Crippen molar-refractivity contribution in [1.29, 1.82) is 0 Å². The molecule has 2 aromatic carbocycles. The predicted octanol–water partition coefficient (Wildman–Crippen LogP) is 6.36. The van der Waals surface area contributed by atoms with Crippen molar-refractivity contribution in [1.82, 2.24) is 4.37 Å². The maximum Gasteiger partial charge on any atom is 0.335 e. The van der Waals surface area contributed by atoms with Gasteiger partial charge in [-0.1, -0.05) is 18.2 Å². The second kappa shape index (κ2) is 8.61. The van der Waals surface area contributed by atoms with Crippen LogP contribution in [-0.2, 0) is 10.0 Å². The second-order valence-corrected chi connectivity index (χ2v) is 11.8. The molecule has 1 aliphatic carbocycles. The maximum atomic E-state index is 13.8. The fourth-order valence-corrected chi connectivity index (χ4v) is 6.63. The summed E-state index contributed by atoms with van der Waals surface area (Å²) >= 11 is 2.26. The molecule has 1 fully saturated rings. The van der Waals surface area contributed by atoms with Crippen LogP contribution in [0.3, 0.4) is 0 Å². The summed E-state index contributed by atoms with van der Waals surface area (Å²) in [5.41, 5.74) is 2.97. The van der Waals surface area contributed by atoms with Crippen LogP contribution in [0, 0.1) is 12.1 Å². The van der Waals surface area contributed by atoms with Crippen LogP contribution in [0.2, 0.25) is 0 Å². The van der Waals surface area contributed by atoms with Crippen molar-refractivity contribution in [3.8, 4) is 21.6 Å². The van der Waals surface area contributed by atoms with E-state index in [9.17, 15) is 22.7 Å². The summed E-state index contributed by atoms with van der Waals surface area (Å²) in [7, 11) is -4.14. The van der Waals surface area contributed by atoms with Gasteiger partial charge in [0.25, 0.3) is 10.0 Å². The van der Waals surface area contributed by atoms with Gasteiger partial charge in [0.05, 0.1) is 16.1 Å². The summed E-state index contributed by atoms with van der Waals surface area (Å²) < 4.78 is 47.9. The Hall–Kier alpha value is -3.08. The molecule has 4 aromatic rings. The van der Waals surface area contributed by atoms with Gasteiger partial charge in [0.2, 0.25) is 0 Å². The number of aryl methyl sites for hydroxylation is 1. The van der Waals surface area contributed by atoms with Crippen LogP contribution in [0.4, 0.5) is 10.1 Å². The predicted molar refractivity (Wildman–Crippen MR) is 132 cm³/mol. The van der Waals surface area contributed by atoms with E-state index < -0.39 is 16.0 Å². The number of aromatic carboxylic acids is 1. The molecule has 5 rings (SSSR count). The Balaban J connectivity index is 1.64. The van der Waals surface area contributed by atoms with Crippen molar-refractivity contribution < 1.29 is 22.7 Å². The highest BCUT2D eigenvalue weighted by atomic mass is 32.2. The molecule has 34 heavy (non-hydrogen) atoms. The molecule has 0 bridgehead atoms. The SMILES string of the molecule is Cc1sncc1-c1ccc(-c2ccc(F)s2)c(NS(=O)(=O)c2cc(C(=O)O)ccc2C2CC2)c1. The zero-order valence-corrected chi connectivity index (χ0v) is 20.4. The van der Waals surface area contributed by atoms with Crippen molar-refractivity contribution in [2.24, 2.45) is 0 Å². The topological polar surface area (TPSA) is 96.4 Å². The van der Waals surface area contributed by atoms with Gasteiger partial charge in [-0.05, 0) is 78.7 Å². The summed E-state index contributed by atoms with van der Waals surface area (Å²) in [4.78, 5) is 13.0. The highest BCUT2D eigenvalue weighted by molar-refractivity contribution is 7.92. The van der Waals surface area contributed by atoms with E-state index in [-0.39, 0.29) is 27.2 Å². The normalized spacial score (nSPS) is 13.7. The lowest BCUT2D eigenvalue weighted by Gasteiger charge is -2.16. The first-order chi connectivity index (χ1) is 16.2. The van der Waals surface area contributed by atoms with Crippen LogP contribution in [0.15, 0.2) is 59.6 Å². The summed E-state index contributed by atoms with van der Waals surface area (Å²) in [6.45, 7) is 1.93. The number of aromatic nitrogens is 1. The molecule has 174 valence electrons. The maximum absolute atomic E-state index is 13.8. The number of thiophene rings is 1. The van der Waals surface area contributed by atoms with Gasteiger partial charge in [-0.3, -0.25) is 4.72 Å². The number of anilines is 1. The molecule has 1 aliphatic rings. The number of nitrogens with one attached hydrogen (secondary N) is 1. The average Bonchev–Trinajstić information content (AvgIpc) is 3.42. The molecule has 0 radical (unpaired) electrons. The van der Waals surface area contributed by atoms with Gasteiger partial charge in [-0.2, -0.15) is 4.39 Å². The minimum absolute atomic E-state index is 0.0445. The van der Waals surface area contributed by atoms with Gasteiger partial charge in [0.15, 0.2) is 5.13 Å². The molecule has 0 saturated heterocycles. The van der Waals surface area contributed by atoms with Gasteiger partial charge in [-0.15, -0.1) is 11.3 Å². The number of nitrogens with zero attached hydrogens (tertiary/aromatic N) is 1. The molecule has 0 amide bonds. The number of carboxylic acids is 1. The lowest BCUT2D eigenvalue weighted by molar-refractivity contribution is 0.0696. The molecule has 10 heteroatoms. The van der Waals surface area contributed by atoms with Crippen LogP contribution >= 0.6 is 22.9 Å². The van der Waals surface area contributed by atoms with Gasteiger partial charge in [0, 0.05) is 27.1 Å². The van der Waals surface area contributed by atoms with Crippen molar-refractivity contribution in [2.75, 3.05) is 4.72 Å². The third kappa shape index (κ3) is 4.36. The molecular formula is C24H19FN2O4S3. The van der Waals surface area contributed by atoms with Crippen molar-refractivity contribution in [3.05, 3.63) is 75.9 Å². The van der Waals surface area contributed by atoms with E-state index in [1.54, 1.807) is 30.5 Å². The van der Waals surface area contributed by atoms with Crippen molar-refractivity contribution >= 4 is 44.5 Å². The van der Waals surface area contributed by atoms with Crippen LogP contribution in [0.25, 0.3) is 21.6 Å². The summed E-state index contributed by atoms with van der Waals surface area (Å²) in [5, 5.41) is 9.04. The first kappa shape index (κ1) is 22.7. The molecule has 2 heterocycles. The summed E-state index contributed by atoms with van der Waals surface area (Å²) in [6, 6.07) is 12.5. The molecule has 2 N–H and O–H groups in total. The summed E-state index contributed by atoms with van der Waals surface area (Å²) in [5.74, 6) is -1.11.